The third-order valence-electron chi connectivity index (χ3n) is 7.47. The van der Waals surface area contributed by atoms with Gasteiger partial charge in [-0.05, 0) is 51.2 Å². The van der Waals surface area contributed by atoms with Gasteiger partial charge in [0.25, 0.3) is 0 Å². The van der Waals surface area contributed by atoms with Crippen LogP contribution in [0, 0.1) is 11.7 Å². The highest BCUT2D eigenvalue weighted by molar-refractivity contribution is 5.71. The highest BCUT2D eigenvalue weighted by atomic mass is 19.4. The number of aromatic nitrogens is 3. The Morgan fingerprint density at radius 2 is 1.90 bits per heavy atom. The van der Waals surface area contributed by atoms with Gasteiger partial charge in [-0.15, -0.1) is 8.78 Å². The Morgan fingerprint density at radius 1 is 1.19 bits per heavy atom. The molecule has 15 heteroatoms. The minimum absolute atomic E-state index is 0.0198. The normalized spacial score (nSPS) is 23.2. The number of hydrogen-bond donors (Lipinski definition) is 1. The molecular weight excluding hydrogens is 576 g/mol. The molecule has 3 heterocycles. The maximum absolute atomic E-state index is 14.7. The molecule has 2 atom stereocenters. The molecule has 0 unspecified atom stereocenters. The zero-order chi connectivity index (χ0) is 30.0. The van der Waals surface area contributed by atoms with Crippen LogP contribution in [0.15, 0.2) is 30.3 Å². The maximum atomic E-state index is 14.7. The molecule has 1 aliphatic heterocycles. The fraction of sp³-hybridized carbons (Fsp3) is 0.444. The molecule has 42 heavy (non-hydrogen) atoms. The van der Waals surface area contributed by atoms with Crippen LogP contribution in [-0.2, 0) is 22.1 Å². The minimum atomic E-state index is -4.75. The summed E-state index contributed by atoms with van der Waals surface area (Å²) in [6, 6.07) is 6.03. The van der Waals surface area contributed by atoms with Crippen LogP contribution in [0.5, 0.6) is 17.4 Å². The molecule has 0 amide bonds. The van der Waals surface area contributed by atoms with Crippen LogP contribution < -0.4 is 14.2 Å². The topological polar surface area (TPSA) is 105 Å². The lowest BCUT2D eigenvalue weighted by molar-refractivity contribution is -0.286. The largest absolute Gasteiger partial charge is 0.586 e. The van der Waals surface area contributed by atoms with Gasteiger partial charge in [0, 0.05) is 23.3 Å². The van der Waals surface area contributed by atoms with Crippen LogP contribution >= 0.6 is 0 Å². The second-order valence-electron chi connectivity index (χ2n) is 10.3. The number of carboxylic acid groups (broad SMARTS) is 1. The van der Waals surface area contributed by atoms with Gasteiger partial charge in [-0.2, -0.15) is 23.3 Å². The van der Waals surface area contributed by atoms with E-state index in [0.717, 1.165) is 16.8 Å². The number of aliphatic carboxylic acids is 1. The lowest BCUT2D eigenvalue weighted by atomic mass is 9.82. The SMILES string of the molecule is C[C@H](Oc1cccc(-n2nc(C(F)(F)F)c3c2[C@H](OC2CC(C(=O)O)C2)CCC3)n1)c1cc2c(cc1F)OC(F)(F)O2. The second-order valence-corrected chi connectivity index (χ2v) is 10.3. The summed E-state index contributed by atoms with van der Waals surface area (Å²) in [5.41, 5.74) is -1.06. The molecule has 3 aromatic rings. The summed E-state index contributed by atoms with van der Waals surface area (Å²) in [7, 11) is 0. The second kappa shape index (κ2) is 10.1. The molecule has 0 saturated heterocycles. The molecule has 2 aromatic heterocycles. The number of benzene rings is 1. The third kappa shape index (κ3) is 5.21. The van der Waals surface area contributed by atoms with Gasteiger partial charge in [-0.3, -0.25) is 4.79 Å². The summed E-state index contributed by atoms with van der Waals surface area (Å²) in [6.45, 7) is 1.43. The van der Waals surface area contributed by atoms with Crippen LogP contribution in [-0.4, -0.2) is 38.2 Å². The van der Waals surface area contributed by atoms with Crippen LogP contribution in [0.2, 0.25) is 0 Å². The Labute approximate surface area is 234 Å². The Hall–Kier alpha value is -4.01. The first kappa shape index (κ1) is 28.1. The number of pyridine rings is 1. The Bertz CT molecular complexity index is 1540. The quantitative estimate of drug-likeness (QED) is 0.323. The Balaban J connectivity index is 1.29. The van der Waals surface area contributed by atoms with Crippen LogP contribution in [0.3, 0.4) is 0 Å². The molecule has 0 radical (unpaired) electrons. The van der Waals surface area contributed by atoms with Crippen molar-refractivity contribution >= 4 is 5.97 Å². The molecule has 1 N–H and O–H groups in total. The number of halogens is 6. The van der Waals surface area contributed by atoms with Gasteiger partial charge < -0.3 is 24.1 Å². The summed E-state index contributed by atoms with van der Waals surface area (Å²) >= 11 is 0. The van der Waals surface area contributed by atoms with Crippen molar-refractivity contribution in [1.29, 1.82) is 0 Å². The molecule has 0 bridgehead atoms. The first-order valence-electron chi connectivity index (χ1n) is 13.1. The van der Waals surface area contributed by atoms with Crippen LogP contribution in [0.1, 0.15) is 67.3 Å². The average Bonchev–Trinajstić information content (AvgIpc) is 3.42. The molecule has 0 spiro atoms. The van der Waals surface area contributed by atoms with E-state index in [9.17, 15) is 31.1 Å². The standard InChI is InChI=1S/C27H23F6N3O6/c1-12(16-10-19-20(11-17(16)28)42-27(32,33)41-19)39-22-7-3-6-21(34-22)36-23-15(24(35-36)26(29,30)31)4-2-5-18(23)40-14-8-13(9-14)25(37)38/h3,6-7,10-14,18H,2,4-5,8-9H2,1H3,(H,37,38)/t12-,13?,14?,18+/m0/s1. The van der Waals surface area contributed by atoms with Gasteiger partial charge in [-0.25, -0.2) is 9.07 Å². The molecule has 1 saturated carbocycles. The van der Waals surface area contributed by atoms with Crippen molar-refractivity contribution in [2.45, 2.75) is 69.8 Å². The summed E-state index contributed by atoms with van der Waals surface area (Å²) < 4.78 is 105. The lowest BCUT2D eigenvalue weighted by Crippen LogP contribution is -2.37. The van der Waals surface area contributed by atoms with E-state index in [2.05, 4.69) is 19.6 Å². The van der Waals surface area contributed by atoms with Crippen LogP contribution in [0.25, 0.3) is 5.82 Å². The van der Waals surface area contributed by atoms with Gasteiger partial charge in [0.2, 0.25) is 5.88 Å². The fourth-order valence-electron chi connectivity index (χ4n) is 5.42. The number of alkyl halides is 5. The number of carbonyl (C=O) groups is 1. The molecular formula is C27H23F6N3O6. The highest BCUT2D eigenvalue weighted by Gasteiger charge is 2.45. The van der Waals surface area contributed by atoms with E-state index in [1.54, 1.807) is 0 Å². The minimum Gasteiger partial charge on any atom is -0.481 e. The number of ether oxygens (including phenoxy) is 4. The predicted octanol–water partition coefficient (Wildman–Crippen LogP) is 6.14. The van der Waals surface area contributed by atoms with Gasteiger partial charge in [0.15, 0.2) is 23.0 Å². The first-order chi connectivity index (χ1) is 19.8. The monoisotopic (exact) mass is 599 g/mol. The van der Waals surface area contributed by atoms with Crippen molar-refractivity contribution in [3.8, 4) is 23.2 Å². The van der Waals surface area contributed by atoms with Gasteiger partial charge in [0.1, 0.15) is 18.0 Å². The van der Waals surface area contributed by atoms with Crippen molar-refractivity contribution < 1.29 is 55.2 Å². The van der Waals surface area contributed by atoms with E-state index in [-0.39, 0.29) is 53.5 Å². The zero-order valence-electron chi connectivity index (χ0n) is 21.8. The van der Waals surface area contributed by atoms with E-state index < -0.39 is 59.9 Å². The van der Waals surface area contributed by atoms with Crippen molar-refractivity contribution in [1.82, 2.24) is 14.8 Å². The highest BCUT2D eigenvalue weighted by Crippen LogP contribution is 2.45. The van der Waals surface area contributed by atoms with E-state index in [0.29, 0.717) is 12.8 Å². The average molecular weight is 599 g/mol. The molecule has 9 nitrogen and oxygen atoms in total. The Morgan fingerprint density at radius 3 is 2.60 bits per heavy atom. The third-order valence-corrected chi connectivity index (χ3v) is 7.47. The molecule has 2 aliphatic carbocycles. The van der Waals surface area contributed by atoms with Crippen LogP contribution in [0.4, 0.5) is 26.3 Å². The molecule has 1 aromatic carbocycles. The maximum Gasteiger partial charge on any atom is 0.586 e. The number of nitrogens with zero attached hydrogens (tertiary/aromatic N) is 3. The first-order valence-corrected chi connectivity index (χ1v) is 13.1. The van der Waals surface area contributed by atoms with Gasteiger partial charge in [0.05, 0.1) is 17.7 Å². The van der Waals surface area contributed by atoms with Gasteiger partial charge >= 0.3 is 18.4 Å². The number of carboxylic acids is 1. The summed E-state index contributed by atoms with van der Waals surface area (Å²) in [5, 5.41) is 13.0. The summed E-state index contributed by atoms with van der Waals surface area (Å²) in [4.78, 5) is 15.5. The van der Waals surface area contributed by atoms with Crippen molar-refractivity contribution in [3.05, 3.63) is 58.7 Å². The predicted molar refractivity (Wildman–Crippen MR) is 129 cm³/mol. The summed E-state index contributed by atoms with van der Waals surface area (Å²) in [5.74, 6) is -3.40. The number of hydrogen-bond acceptors (Lipinski definition) is 7. The smallest absolute Gasteiger partial charge is 0.481 e. The summed E-state index contributed by atoms with van der Waals surface area (Å²) in [6.07, 6.45) is -9.51. The molecule has 6 rings (SSSR count). The zero-order valence-corrected chi connectivity index (χ0v) is 21.8. The molecule has 3 aliphatic rings. The Kier molecular flexibility index (Phi) is 6.74. The van der Waals surface area contributed by atoms with Crippen molar-refractivity contribution in [3.63, 3.8) is 0 Å². The van der Waals surface area contributed by atoms with E-state index in [4.69, 9.17) is 14.6 Å². The van der Waals surface area contributed by atoms with E-state index in [1.807, 2.05) is 0 Å². The van der Waals surface area contributed by atoms with Crippen molar-refractivity contribution in [2.24, 2.45) is 5.92 Å². The number of rotatable bonds is 7. The van der Waals surface area contributed by atoms with Crippen molar-refractivity contribution in [2.75, 3.05) is 0 Å². The number of fused-ring (bicyclic) bond motifs is 2. The lowest BCUT2D eigenvalue weighted by Gasteiger charge is -2.36. The fourth-order valence-corrected chi connectivity index (χ4v) is 5.42. The van der Waals surface area contributed by atoms with Gasteiger partial charge in [-0.1, -0.05) is 6.07 Å². The van der Waals surface area contributed by atoms with E-state index in [1.165, 1.54) is 25.1 Å². The van der Waals surface area contributed by atoms with E-state index >= 15 is 0 Å². The molecule has 1 fully saturated rings. The molecule has 224 valence electrons.